The highest BCUT2D eigenvalue weighted by Crippen LogP contribution is 2.41. The Hall–Kier alpha value is -1.67. The van der Waals surface area contributed by atoms with Gasteiger partial charge in [0.1, 0.15) is 5.82 Å². The number of halogens is 1. The average molecular weight is 255 g/mol. The van der Waals surface area contributed by atoms with Crippen LogP contribution in [0, 0.1) is 19.7 Å². The van der Waals surface area contributed by atoms with E-state index in [9.17, 15) is 4.39 Å². The zero-order valence-corrected chi connectivity index (χ0v) is 11.3. The summed E-state index contributed by atoms with van der Waals surface area (Å²) in [5.74, 6) is -0.177. The summed E-state index contributed by atoms with van der Waals surface area (Å²) in [4.78, 5) is 0. The fourth-order valence-electron chi connectivity index (χ4n) is 3.18. The minimum Gasteiger partial charge on any atom is -0.318 e. The van der Waals surface area contributed by atoms with Crippen LogP contribution in [0.5, 0.6) is 0 Å². The topological polar surface area (TPSA) is 26.0 Å². The van der Waals surface area contributed by atoms with Gasteiger partial charge in [0.15, 0.2) is 0 Å². The van der Waals surface area contributed by atoms with Crippen molar-refractivity contribution in [2.45, 2.75) is 32.2 Å². The second kappa shape index (κ2) is 4.17. The third-order valence-corrected chi connectivity index (χ3v) is 4.42. The van der Waals surface area contributed by atoms with Crippen LogP contribution in [0.15, 0.2) is 36.4 Å². The van der Waals surface area contributed by atoms with Crippen molar-refractivity contribution in [2.24, 2.45) is 5.73 Å². The van der Waals surface area contributed by atoms with Gasteiger partial charge < -0.3 is 5.73 Å². The van der Waals surface area contributed by atoms with E-state index in [2.05, 4.69) is 26.0 Å². The summed E-state index contributed by atoms with van der Waals surface area (Å²) in [7, 11) is 0. The second-order valence-corrected chi connectivity index (χ2v) is 5.52. The Labute approximate surface area is 113 Å². The van der Waals surface area contributed by atoms with Crippen LogP contribution in [0.1, 0.15) is 34.2 Å². The molecule has 2 N–H and O–H groups in total. The Morgan fingerprint density at radius 1 is 1.11 bits per heavy atom. The maximum atomic E-state index is 13.3. The normalized spacial score (nSPS) is 21.5. The second-order valence-electron chi connectivity index (χ2n) is 5.52. The first-order chi connectivity index (χ1) is 9.02. The van der Waals surface area contributed by atoms with E-state index in [-0.39, 0.29) is 5.82 Å². The number of aryl methyl sites for hydroxylation is 2. The predicted octanol–water partition coefficient (Wildman–Crippen LogP) is 3.59. The Balaban J connectivity index is 2.19. The fourth-order valence-corrected chi connectivity index (χ4v) is 3.18. The largest absolute Gasteiger partial charge is 0.318 e. The fraction of sp³-hybridized carbons (Fsp3) is 0.294. The molecule has 19 heavy (non-hydrogen) atoms. The maximum Gasteiger partial charge on any atom is 0.123 e. The van der Waals surface area contributed by atoms with Gasteiger partial charge in [-0.3, -0.25) is 0 Å². The SMILES string of the molecule is Cc1cccc(C2(N)CCc3cc(F)ccc32)c1C. The predicted molar refractivity (Wildman–Crippen MR) is 75.6 cm³/mol. The molecule has 1 atom stereocenters. The third-order valence-electron chi connectivity index (χ3n) is 4.42. The van der Waals surface area contributed by atoms with Crippen molar-refractivity contribution < 1.29 is 4.39 Å². The summed E-state index contributed by atoms with van der Waals surface area (Å²) in [6, 6.07) is 11.2. The standard InChI is InChI=1S/C17H18FN/c1-11-4-3-5-15(12(11)2)17(19)9-8-13-10-14(18)6-7-16(13)17/h3-7,10H,8-9,19H2,1-2H3. The van der Waals surface area contributed by atoms with Gasteiger partial charge in [-0.25, -0.2) is 4.39 Å². The number of benzene rings is 2. The monoisotopic (exact) mass is 255 g/mol. The third kappa shape index (κ3) is 1.79. The molecule has 0 aliphatic heterocycles. The lowest BCUT2D eigenvalue weighted by Crippen LogP contribution is -2.36. The first-order valence-electron chi connectivity index (χ1n) is 6.67. The Morgan fingerprint density at radius 2 is 1.89 bits per heavy atom. The van der Waals surface area contributed by atoms with Gasteiger partial charge in [0.2, 0.25) is 0 Å². The molecular weight excluding hydrogens is 237 g/mol. The van der Waals surface area contributed by atoms with E-state index in [0.717, 1.165) is 29.5 Å². The molecule has 0 amide bonds. The van der Waals surface area contributed by atoms with Gasteiger partial charge in [-0.15, -0.1) is 0 Å². The summed E-state index contributed by atoms with van der Waals surface area (Å²) in [6.07, 6.45) is 1.69. The summed E-state index contributed by atoms with van der Waals surface area (Å²) in [5, 5.41) is 0. The molecule has 1 unspecified atom stereocenters. The van der Waals surface area contributed by atoms with Gasteiger partial charge >= 0.3 is 0 Å². The quantitative estimate of drug-likeness (QED) is 0.828. The zero-order chi connectivity index (χ0) is 13.6. The zero-order valence-electron chi connectivity index (χ0n) is 11.3. The van der Waals surface area contributed by atoms with E-state index < -0.39 is 5.54 Å². The number of nitrogens with two attached hydrogens (primary N) is 1. The first-order valence-corrected chi connectivity index (χ1v) is 6.67. The Morgan fingerprint density at radius 3 is 2.68 bits per heavy atom. The minimum absolute atomic E-state index is 0.177. The lowest BCUT2D eigenvalue weighted by Gasteiger charge is -2.28. The van der Waals surface area contributed by atoms with Crippen molar-refractivity contribution in [3.8, 4) is 0 Å². The molecule has 2 heteroatoms. The van der Waals surface area contributed by atoms with Crippen LogP contribution in [0.25, 0.3) is 0 Å². The van der Waals surface area contributed by atoms with Crippen molar-refractivity contribution in [3.63, 3.8) is 0 Å². The van der Waals surface area contributed by atoms with Crippen molar-refractivity contribution in [1.82, 2.24) is 0 Å². The van der Waals surface area contributed by atoms with Gasteiger partial charge in [-0.05, 0) is 66.6 Å². The molecule has 0 bridgehead atoms. The van der Waals surface area contributed by atoms with E-state index in [1.165, 1.54) is 17.2 Å². The summed E-state index contributed by atoms with van der Waals surface area (Å²) < 4.78 is 13.3. The first kappa shape index (κ1) is 12.4. The molecule has 0 aromatic heterocycles. The summed E-state index contributed by atoms with van der Waals surface area (Å²) in [5.41, 5.74) is 12.0. The van der Waals surface area contributed by atoms with Crippen LogP contribution in [-0.4, -0.2) is 0 Å². The molecule has 1 aliphatic carbocycles. The van der Waals surface area contributed by atoms with E-state index >= 15 is 0 Å². The average Bonchev–Trinajstić information content (AvgIpc) is 2.71. The number of hydrogen-bond donors (Lipinski definition) is 1. The molecule has 3 rings (SSSR count). The molecule has 0 fully saturated rings. The van der Waals surface area contributed by atoms with Gasteiger partial charge in [0.25, 0.3) is 0 Å². The van der Waals surface area contributed by atoms with Crippen molar-refractivity contribution in [3.05, 3.63) is 70.0 Å². The van der Waals surface area contributed by atoms with Crippen LogP contribution in [0.4, 0.5) is 4.39 Å². The molecule has 0 saturated carbocycles. The van der Waals surface area contributed by atoms with E-state index in [1.54, 1.807) is 6.07 Å². The molecule has 98 valence electrons. The van der Waals surface area contributed by atoms with E-state index in [4.69, 9.17) is 5.73 Å². The van der Waals surface area contributed by atoms with Crippen LogP contribution in [0.2, 0.25) is 0 Å². The van der Waals surface area contributed by atoms with E-state index in [1.807, 2.05) is 12.1 Å². The van der Waals surface area contributed by atoms with Gasteiger partial charge in [0.05, 0.1) is 5.54 Å². The maximum absolute atomic E-state index is 13.3. The lowest BCUT2D eigenvalue weighted by atomic mass is 9.81. The highest BCUT2D eigenvalue weighted by molar-refractivity contribution is 5.50. The number of hydrogen-bond acceptors (Lipinski definition) is 1. The van der Waals surface area contributed by atoms with Crippen LogP contribution < -0.4 is 5.73 Å². The summed E-state index contributed by atoms with van der Waals surface area (Å²) in [6.45, 7) is 4.21. The molecule has 1 aliphatic rings. The molecule has 2 aromatic carbocycles. The molecule has 2 aromatic rings. The van der Waals surface area contributed by atoms with Gasteiger partial charge in [-0.1, -0.05) is 24.3 Å². The molecule has 0 heterocycles. The smallest absolute Gasteiger partial charge is 0.123 e. The van der Waals surface area contributed by atoms with Crippen LogP contribution in [-0.2, 0) is 12.0 Å². The van der Waals surface area contributed by atoms with E-state index in [0.29, 0.717) is 0 Å². The van der Waals surface area contributed by atoms with Crippen LogP contribution in [0.3, 0.4) is 0 Å². The molecule has 0 spiro atoms. The lowest BCUT2D eigenvalue weighted by molar-refractivity contribution is 0.531. The minimum atomic E-state index is -0.473. The molecular formula is C17H18FN. The Bertz CT molecular complexity index is 648. The van der Waals surface area contributed by atoms with Crippen molar-refractivity contribution in [1.29, 1.82) is 0 Å². The Kier molecular flexibility index (Phi) is 2.72. The van der Waals surface area contributed by atoms with Gasteiger partial charge in [-0.2, -0.15) is 0 Å². The highest BCUT2D eigenvalue weighted by Gasteiger charge is 2.37. The van der Waals surface area contributed by atoms with Crippen molar-refractivity contribution in [2.75, 3.05) is 0 Å². The van der Waals surface area contributed by atoms with Gasteiger partial charge in [0, 0.05) is 0 Å². The van der Waals surface area contributed by atoms with Crippen molar-refractivity contribution >= 4 is 0 Å². The number of rotatable bonds is 1. The molecule has 0 saturated heterocycles. The highest BCUT2D eigenvalue weighted by atomic mass is 19.1. The van der Waals surface area contributed by atoms with Crippen LogP contribution >= 0.6 is 0 Å². The number of fused-ring (bicyclic) bond motifs is 1. The molecule has 0 radical (unpaired) electrons. The molecule has 1 nitrogen and oxygen atoms in total. The summed E-state index contributed by atoms with van der Waals surface area (Å²) >= 11 is 0.